The smallest absolute Gasteiger partial charge is 0.324 e. The van der Waals surface area contributed by atoms with E-state index in [4.69, 9.17) is 5.73 Å². The molecule has 2 heterocycles. The highest BCUT2D eigenvalue weighted by molar-refractivity contribution is 7.17. The Hall–Kier alpha value is -1.47. The van der Waals surface area contributed by atoms with Gasteiger partial charge in [-0.2, -0.15) is 0 Å². The number of hydrogen-bond donors (Lipinski definition) is 1. The molecule has 2 atom stereocenters. The second-order valence-electron chi connectivity index (χ2n) is 4.82. The van der Waals surface area contributed by atoms with Crippen molar-refractivity contribution >= 4 is 22.2 Å². The van der Waals surface area contributed by atoms with E-state index in [1.165, 1.54) is 12.1 Å². The highest BCUT2D eigenvalue weighted by Crippen LogP contribution is 2.28. The van der Waals surface area contributed by atoms with Crippen molar-refractivity contribution in [3.63, 3.8) is 0 Å². The standard InChI is InChI=1S/C12H17N3O3S/c1-8(13)9-4-2-3-7-14(9)12(16)10-5-6-11(19-10)15(17)18/h5-6,8-9H,2-4,7,13H2,1H3. The fraction of sp³-hybridized carbons (Fsp3) is 0.583. The molecule has 0 spiro atoms. The van der Waals surface area contributed by atoms with Crippen LogP contribution >= 0.6 is 11.3 Å². The number of piperidine rings is 1. The maximum absolute atomic E-state index is 12.4. The SMILES string of the molecule is CC(N)C1CCCCN1C(=O)c1ccc([N+](=O)[O-])s1. The minimum atomic E-state index is -0.472. The molecule has 2 unspecified atom stereocenters. The van der Waals surface area contributed by atoms with Crippen molar-refractivity contribution in [2.45, 2.75) is 38.3 Å². The van der Waals surface area contributed by atoms with Gasteiger partial charge in [-0.05, 0) is 32.3 Å². The van der Waals surface area contributed by atoms with Crippen LogP contribution < -0.4 is 5.73 Å². The summed E-state index contributed by atoms with van der Waals surface area (Å²) in [4.78, 5) is 24.8. The van der Waals surface area contributed by atoms with Gasteiger partial charge in [-0.25, -0.2) is 0 Å². The van der Waals surface area contributed by atoms with E-state index in [1.807, 2.05) is 6.92 Å². The Balaban J connectivity index is 2.18. The minimum absolute atomic E-state index is 0.00212. The average molecular weight is 283 g/mol. The largest absolute Gasteiger partial charge is 0.333 e. The van der Waals surface area contributed by atoms with Crippen molar-refractivity contribution in [3.8, 4) is 0 Å². The molecular weight excluding hydrogens is 266 g/mol. The molecule has 1 aliphatic heterocycles. The van der Waals surface area contributed by atoms with Gasteiger partial charge in [-0.3, -0.25) is 14.9 Å². The van der Waals surface area contributed by atoms with E-state index in [9.17, 15) is 14.9 Å². The Morgan fingerprint density at radius 3 is 2.89 bits per heavy atom. The number of nitro groups is 1. The zero-order valence-electron chi connectivity index (χ0n) is 10.7. The molecule has 0 saturated carbocycles. The summed E-state index contributed by atoms with van der Waals surface area (Å²) in [6.07, 6.45) is 2.93. The van der Waals surface area contributed by atoms with Gasteiger partial charge in [0.15, 0.2) is 0 Å². The van der Waals surface area contributed by atoms with Gasteiger partial charge in [0, 0.05) is 24.7 Å². The zero-order valence-corrected chi connectivity index (χ0v) is 11.6. The first-order valence-electron chi connectivity index (χ1n) is 6.31. The Labute approximate surface area is 115 Å². The summed E-state index contributed by atoms with van der Waals surface area (Å²) in [5.41, 5.74) is 5.93. The Morgan fingerprint density at radius 1 is 1.58 bits per heavy atom. The number of nitrogens with zero attached hydrogens (tertiary/aromatic N) is 2. The molecule has 0 aromatic carbocycles. The van der Waals surface area contributed by atoms with E-state index >= 15 is 0 Å². The average Bonchev–Trinajstić information content (AvgIpc) is 2.87. The normalized spacial score (nSPS) is 21.2. The van der Waals surface area contributed by atoms with E-state index < -0.39 is 4.92 Å². The maximum atomic E-state index is 12.4. The van der Waals surface area contributed by atoms with Gasteiger partial charge in [0.05, 0.1) is 9.80 Å². The van der Waals surface area contributed by atoms with Crippen LogP contribution in [0.5, 0.6) is 0 Å². The van der Waals surface area contributed by atoms with Crippen molar-refractivity contribution in [1.82, 2.24) is 4.90 Å². The number of nitrogens with two attached hydrogens (primary N) is 1. The molecular formula is C12H17N3O3S. The molecule has 2 N–H and O–H groups in total. The van der Waals surface area contributed by atoms with Crippen LogP contribution in [0.15, 0.2) is 12.1 Å². The van der Waals surface area contributed by atoms with E-state index in [1.54, 1.807) is 4.90 Å². The lowest BCUT2D eigenvalue weighted by atomic mass is 9.97. The summed E-state index contributed by atoms with van der Waals surface area (Å²) in [6.45, 7) is 2.57. The first kappa shape index (κ1) is 14.0. The van der Waals surface area contributed by atoms with Gasteiger partial charge >= 0.3 is 5.00 Å². The first-order valence-corrected chi connectivity index (χ1v) is 7.13. The van der Waals surface area contributed by atoms with Gasteiger partial charge in [-0.15, -0.1) is 0 Å². The first-order chi connectivity index (χ1) is 9.00. The monoisotopic (exact) mass is 283 g/mol. The third kappa shape index (κ3) is 2.93. The number of amides is 1. The second kappa shape index (κ2) is 5.66. The van der Waals surface area contributed by atoms with Gasteiger partial charge < -0.3 is 10.6 Å². The van der Waals surface area contributed by atoms with E-state index in [0.717, 1.165) is 30.6 Å². The molecule has 1 aromatic rings. The molecule has 1 aliphatic rings. The molecule has 1 saturated heterocycles. The molecule has 19 heavy (non-hydrogen) atoms. The zero-order chi connectivity index (χ0) is 14.0. The van der Waals surface area contributed by atoms with Crippen molar-refractivity contribution < 1.29 is 9.72 Å². The van der Waals surface area contributed by atoms with Crippen LogP contribution in [-0.4, -0.2) is 34.4 Å². The number of likely N-dealkylation sites (tertiary alicyclic amines) is 1. The lowest BCUT2D eigenvalue weighted by Gasteiger charge is -2.37. The fourth-order valence-corrected chi connectivity index (χ4v) is 3.22. The van der Waals surface area contributed by atoms with Crippen LogP contribution in [0.2, 0.25) is 0 Å². The summed E-state index contributed by atoms with van der Waals surface area (Å²) < 4.78 is 0. The van der Waals surface area contributed by atoms with Crippen LogP contribution in [0, 0.1) is 10.1 Å². The van der Waals surface area contributed by atoms with Crippen LogP contribution in [0.1, 0.15) is 35.9 Å². The second-order valence-corrected chi connectivity index (χ2v) is 5.88. The third-order valence-corrected chi connectivity index (χ3v) is 4.42. The molecule has 0 bridgehead atoms. The lowest BCUT2D eigenvalue weighted by molar-refractivity contribution is -0.380. The van der Waals surface area contributed by atoms with Gasteiger partial charge in [0.1, 0.15) is 0 Å². The topological polar surface area (TPSA) is 89.5 Å². The lowest BCUT2D eigenvalue weighted by Crippen LogP contribution is -2.51. The quantitative estimate of drug-likeness (QED) is 0.678. The van der Waals surface area contributed by atoms with E-state index in [-0.39, 0.29) is 23.0 Å². The number of thiophene rings is 1. The molecule has 1 fully saturated rings. The van der Waals surface area contributed by atoms with Crippen molar-refractivity contribution in [1.29, 1.82) is 0 Å². The van der Waals surface area contributed by atoms with Crippen LogP contribution in [0.4, 0.5) is 5.00 Å². The Kier molecular flexibility index (Phi) is 4.16. The van der Waals surface area contributed by atoms with E-state index in [0.29, 0.717) is 11.4 Å². The molecule has 0 aliphatic carbocycles. The molecule has 2 rings (SSSR count). The summed E-state index contributed by atoms with van der Waals surface area (Å²) in [7, 11) is 0. The predicted molar refractivity (Wildman–Crippen MR) is 73.3 cm³/mol. The molecule has 1 amide bonds. The third-order valence-electron chi connectivity index (χ3n) is 3.40. The summed E-state index contributed by atoms with van der Waals surface area (Å²) in [5, 5.41) is 10.7. The molecule has 104 valence electrons. The van der Waals surface area contributed by atoms with Crippen molar-refractivity contribution in [2.75, 3.05) is 6.54 Å². The summed E-state index contributed by atoms with van der Waals surface area (Å²) in [5.74, 6) is -0.139. The number of rotatable bonds is 3. The van der Waals surface area contributed by atoms with Crippen LogP contribution in [-0.2, 0) is 0 Å². The van der Waals surface area contributed by atoms with Gasteiger partial charge in [-0.1, -0.05) is 11.3 Å². The number of carbonyl (C=O) groups excluding carboxylic acids is 1. The highest BCUT2D eigenvalue weighted by atomic mass is 32.1. The Morgan fingerprint density at radius 2 is 2.32 bits per heavy atom. The molecule has 0 radical (unpaired) electrons. The fourth-order valence-electron chi connectivity index (χ4n) is 2.44. The molecule has 1 aromatic heterocycles. The van der Waals surface area contributed by atoms with Crippen LogP contribution in [0.3, 0.4) is 0 Å². The van der Waals surface area contributed by atoms with Crippen LogP contribution in [0.25, 0.3) is 0 Å². The minimum Gasteiger partial charge on any atom is -0.333 e. The number of carbonyl (C=O) groups is 1. The summed E-state index contributed by atoms with van der Waals surface area (Å²) in [6, 6.07) is 2.85. The van der Waals surface area contributed by atoms with Gasteiger partial charge in [0.2, 0.25) is 0 Å². The Bertz CT molecular complexity index is 486. The van der Waals surface area contributed by atoms with Crippen molar-refractivity contribution in [2.24, 2.45) is 5.73 Å². The van der Waals surface area contributed by atoms with Crippen molar-refractivity contribution in [3.05, 3.63) is 27.1 Å². The maximum Gasteiger partial charge on any atom is 0.324 e. The highest BCUT2D eigenvalue weighted by Gasteiger charge is 2.31. The van der Waals surface area contributed by atoms with Gasteiger partial charge in [0.25, 0.3) is 5.91 Å². The van der Waals surface area contributed by atoms with E-state index in [2.05, 4.69) is 0 Å². The summed E-state index contributed by atoms with van der Waals surface area (Å²) >= 11 is 0.925. The molecule has 6 nitrogen and oxygen atoms in total. The predicted octanol–water partition coefficient (Wildman–Crippen LogP) is 2.00. The molecule has 7 heteroatoms. The number of hydrogen-bond acceptors (Lipinski definition) is 5.